The fourth-order valence-electron chi connectivity index (χ4n) is 1.41. The van der Waals surface area contributed by atoms with E-state index in [-0.39, 0.29) is 12.3 Å². The molecule has 0 aliphatic heterocycles. The Labute approximate surface area is 106 Å². The van der Waals surface area contributed by atoms with Crippen LogP contribution in [-0.4, -0.2) is 30.2 Å². The SMILES string of the molecule is CCOCCC(=O)Nc1ccc(CC(=O)O)cc1. The fraction of sp³-hybridized carbons (Fsp3) is 0.385. The molecule has 5 heteroatoms. The average molecular weight is 251 g/mol. The number of hydrogen-bond donors (Lipinski definition) is 2. The summed E-state index contributed by atoms with van der Waals surface area (Å²) < 4.78 is 5.08. The molecule has 0 heterocycles. The Morgan fingerprint density at radius 2 is 1.94 bits per heavy atom. The zero-order valence-corrected chi connectivity index (χ0v) is 10.3. The number of amides is 1. The van der Waals surface area contributed by atoms with E-state index in [4.69, 9.17) is 9.84 Å². The van der Waals surface area contributed by atoms with Gasteiger partial charge in [-0.15, -0.1) is 0 Å². The van der Waals surface area contributed by atoms with Crippen molar-refractivity contribution in [1.29, 1.82) is 0 Å². The molecule has 0 atom stereocenters. The van der Waals surface area contributed by atoms with E-state index in [0.717, 1.165) is 0 Å². The lowest BCUT2D eigenvalue weighted by Gasteiger charge is -2.06. The van der Waals surface area contributed by atoms with Crippen LogP contribution < -0.4 is 5.32 Å². The first-order chi connectivity index (χ1) is 8.61. The van der Waals surface area contributed by atoms with Crippen molar-refractivity contribution in [1.82, 2.24) is 0 Å². The monoisotopic (exact) mass is 251 g/mol. The highest BCUT2D eigenvalue weighted by Gasteiger charge is 2.03. The van der Waals surface area contributed by atoms with Crippen LogP contribution in [0.2, 0.25) is 0 Å². The number of anilines is 1. The van der Waals surface area contributed by atoms with Crippen LogP contribution in [0.1, 0.15) is 18.9 Å². The number of benzene rings is 1. The lowest BCUT2D eigenvalue weighted by atomic mass is 10.1. The summed E-state index contributed by atoms with van der Waals surface area (Å²) in [6.07, 6.45) is 0.295. The third-order valence-electron chi connectivity index (χ3n) is 2.27. The van der Waals surface area contributed by atoms with Crippen LogP contribution in [0.4, 0.5) is 5.69 Å². The van der Waals surface area contributed by atoms with E-state index in [9.17, 15) is 9.59 Å². The molecule has 0 fully saturated rings. The van der Waals surface area contributed by atoms with Gasteiger partial charge in [0.1, 0.15) is 0 Å². The van der Waals surface area contributed by atoms with Gasteiger partial charge in [-0.1, -0.05) is 12.1 Å². The van der Waals surface area contributed by atoms with Gasteiger partial charge >= 0.3 is 5.97 Å². The van der Waals surface area contributed by atoms with Gasteiger partial charge in [0.05, 0.1) is 19.4 Å². The molecule has 98 valence electrons. The summed E-state index contributed by atoms with van der Waals surface area (Å²) >= 11 is 0. The normalized spacial score (nSPS) is 10.1. The number of nitrogens with one attached hydrogen (secondary N) is 1. The van der Waals surface area contributed by atoms with Crippen molar-refractivity contribution >= 4 is 17.6 Å². The molecule has 0 radical (unpaired) electrons. The third kappa shape index (κ3) is 5.45. The molecule has 0 aromatic heterocycles. The molecular formula is C13H17NO4. The number of rotatable bonds is 7. The van der Waals surface area contributed by atoms with Crippen molar-refractivity contribution < 1.29 is 19.4 Å². The molecule has 1 amide bonds. The predicted octanol–water partition coefficient (Wildman–Crippen LogP) is 1.68. The number of carboxylic acid groups (broad SMARTS) is 1. The van der Waals surface area contributed by atoms with E-state index < -0.39 is 5.97 Å². The lowest BCUT2D eigenvalue weighted by Crippen LogP contribution is -2.14. The summed E-state index contributed by atoms with van der Waals surface area (Å²) in [5.41, 5.74) is 1.36. The Kier molecular flexibility index (Phi) is 5.87. The maximum atomic E-state index is 11.5. The second-order valence-electron chi connectivity index (χ2n) is 3.76. The van der Waals surface area contributed by atoms with Crippen molar-refractivity contribution in [3.05, 3.63) is 29.8 Å². The van der Waals surface area contributed by atoms with Crippen molar-refractivity contribution in [3.8, 4) is 0 Å². The molecule has 0 saturated heterocycles. The first-order valence-corrected chi connectivity index (χ1v) is 5.80. The largest absolute Gasteiger partial charge is 0.481 e. The van der Waals surface area contributed by atoms with Gasteiger partial charge in [0.2, 0.25) is 5.91 Å². The first kappa shape index (κ1) is 14.2. The van der Waals surface area contributed by atoms with Crippen LogP contribution in [0.3, 0.4) is 0 Å². The molecule has 0 bridgehead atoms. The van der Waals surface area contributed by atoms with Gasteiger partial charge in [-0.25, -0.2) is 0 Å². The molecule has 0 unspecified atom stereocenters. The molecular weight excluding hydrogens is 234 g/mol. The highest BCUT2D eigenvalue weighted by atomic mass is 16.5. The molecule has 1 rings (SSSR count). The minimum atomic E-state index is -0.872. The fourth-order valence-corrected chi connectivity index (χ4v) is 1.41. The van der Waals surface area contributed by atoms with E-state index >= 15 is 0 Å². The average Bonchev–Trinajstić information content (AvgIpc) is 2.31. The number of hydrogen-bond acceptors (Lipinski definition) is 3. The zero-order valence-electron chi connectivity index (χ0n) is 10.3. The van der Waals surface area contributed by atoms with Gasteiger partial charge in [-0.2, -0.15) is 0 Å². The minimum Gasteiger partial charge on any atom is -0.481 e. The second kappa shape index (κ2) is 7.45. The summed E-state index contributed by atoms with van der Waals surface area (Å²) in [6.45, 7) is 2.87. The zero-order chi connectivity index (χ0) is 13.4. The first-order valence-electron chi connectivity index (χ1n) is 5.80. The minimum absolute atomic E-state index is 0.0153. The van der Waals surface area contributed by atoms with Crippen molar-refractivity contribution in [2.45, 2.75) is 19.8 Å². The summed E-state index contributed by atoms with van der Waals surface area (Å²) in [5, 5.41) is 11.3. The van der Waals surface area contributed by atoms with E-state index in [1.165, 1.54) is 0 Å². The molecule has 0 spiro atoms. The number of ether oxygens (including phenoxy) is 1. The topological polar surface area (TPSA) is 75.6 Å². The molecule has 0 aliphatic carbocycles. The van der Waals surface area contributed by atoms with Crippen molar-refractivity contribution in [3.63, 3.8) is 0 Å². The van der Waals surface area contributed by atoms with E-state index in [2.05, 4.69) is 5.32 Å². The third-order valence-corrected chi connectivity index (χ3v) is 2.27. The van der Waals surface area contributed by atoms with Crippen molar-refractivity contribution in [2.24, 2.45) is 0 Å². The van der Waals surface area contributed by atoms with Gasteiger partial charge < -0.3 is 15.2 Å². The van der Waals surface area contributed by atoms with Crippen LogP contribution in [-0.2, 0) is 20.7 Å². The Morgan fingerprint density at radius 3 is 2.50 bits per heavy atom. The Morgan fingerprint density at radius 1 is 1.28 bits per heavy atom. The number of carbonyl (C=O) groups excluding carboxylic acids is 1. The van der Waals surface area contributed by atoms with Gasteiger partial charge in [-0.3, -0.25) is 9.59 Å². The van der Waals surface area contributed by atoms with Crippen LogP contribution in [0.15, 0.2) is 24.3 Å². The summed E-state index contributed by atoms with van der Waals surface area (Å²) in [7, 11) is 0. The Hall–Kier alpha value is -1.88. The Bertz CT molecular complexity index is 400. The standard InChI is InChI=1S/C13H17NO4/c1-2-18-8-7-12(15)14-11-5-3-10(4-6-11)9-13(16)17/h3-6H,2,7-9H2,1H3,(H,14,15)(H,16,17). The van der Waals surface area contributed by atoms with E-state index in [1.54, 1.807) is 24.3 Å². The van der Waals surface area contributed by atoms with Crippen LogP contribution in [0.5, 0.6) is 0 Å². The van der Waals surface area contributed by atoms with Gasteiger partial charge in [-0.05, 0) is 24.6 Å². The second-order valence-corrected chi connectivity index (χ2v) is 3.76. The Balaban J connectivity index is 2.43. The quantitative estimate of drug-likeness (QED) is 0.723. The van der Waals surface area contributed by atoms with Crippen LogP contribution in [0, 0.1) is 0 Å². The maximum Gasteiger partial charge on any atom is 0.307 e. The molecule has 1 aromatic carbocycles. The lowest BCUT2D eigenvalue weighted by molar-refractivity contribution is -0.136. The predicted molar refractivity (Wildman–Crippen MR) is 67.5 cm³/mol. The molecule has 18 heavy (non-hydrogen) atoms. The van der Waals surface area contributed by atoms with E-state index in [0.29, 0.717) is 30.9 Å². The highest BCUT2D eigenvalue weighted by molar-refractivity contribution is 5.90. The molecule has 5 nitrogen and oxygen atoms in total. The van der Waals surface area contributed by atoms with Gasteiger partial charge in [0.25, 0.3) is 0 Å². The number of aliphatic carboxylic acids is 1. The smallest absolute Gasteiger partial charge is 0.307 e. The molecule has 1 aromatic rings. The number of carboxylic acids is 1. The molecule has 0 saturated carbocycles. The number of carbonyl (C=O) groups is 2. The summed E-state index contributed by atoms with van der Waals surface area (Å²) in [6, 6.07) is 6.76. The highest BCUT2D eigenvalue weighted by Crippen LogP contribution is 2.10. The van der Waals surface area contributed by atoms with Crippen molar-refractivity contribution in [2.75, 3.05) is 18.5 Å². The summed E-state index contributed by atoms with van der Waals surface area (Å²) in [5.74, 6) is -0.988. The van der Waals surface area contributed by atoms with Gasteiger partial charge in [0.15, 0.2) is 0 Å². The molecule has 2 N–H and O–H groups in total. The van der Waals surface area contributed by atoms with Crippen LogP contribution >= 0.6 is 0 Å². The van der Waals surface area contributed by atoms with Gasteiger partial charge in [0, 0.05) is 12.3 Å². The van der Waals surface area contributed by atoms with Crippen LogP contribution in [0.25, 0.3) is 0 Å². The molecule has 0 aliphatic rings. The summed E-state index contributed by atoms with van der Waals surface area (Å²) in [4.78, 5) is 22.0. The maximum absolute atomic E-state index is 11.5. The van der Waals surface area contributed by atoms with E-state index in [1.807, 2.05) is 6.92 Å².